The largest absolute Gasteiger partial charge is 0.497 e. The van der Waals surface area contributed by atoms with Gasteiger partial charge in [-0.1, -0.05) is 12.7 Å². The van der Waals surface area contributed by atoms with Gasteiger partial charge in [-0.05, 0) is 22.0 Å². The van der Waals surface area contributed by atoms with E-state index in [0.29, 0.717) is 4.47 Å². The molecule has 1 aromatic rings. The SMILES string of the molecule is C=CCO/C=C/c1c(Br)c(OC)c(OC)c(OC)c1[N+](=O)[O-]. The quantitative estimate of drug-likeness (QED) is 0.228. The maximum atomic E-state index is 11.4. The van der Waals surface area contributed by atoms with Crippen LogP contribution in [0.15, 0.2) is 23.4 Å². The molecule has 0 spiro atoms. The second-order valence-corrected chi connectivity index (χ2v) is 4.65. The topological polar surface area (TPSA) is 80.1 Å². The predicted molar refractivity (Wildman–Crippen MR) is 85.6 cm³/mol. The van der Waals surface area contributed by atoms with Crippen LogP contribution in [0.25, 0.3) is 6.08 Å². The van der Waals surface area contributed by atoms with E-state index in [4.69, 9.17) is 18.9 Å². The van der Waals surface area contributed by atoms with Gasteiger partial charge in [0.25, 0.3) is 0 Å². The lowest BCUT2D eigenvalue weighted by atomic mass is 10.1. The number of rotatable bonds is 8. The molecule has 0 N–H and O–H groups in total. The van der Waals surface area contributed by atoms with E-state index >= 15 is 0 Å². The molecule has 0 aliphatic carbocycles. The van der Waals surface area contributed by atoms with Crippen LogP contribution in [0.1, 0.15) is 5.56 Å². The van der Waals surface area contributed by atoms with Crippen LogP contribution in [-0.4, -0.2) is 32.9 Å². The maximum Gasteiger partial charge on any atom is 0.323 e. The molecular weight excluding hydrogens is 358 g/mol. The van der Waals surface area contributed by atoms with E-state index in [1.807, 2.05) is 0 Å². The Labute approximate surface area is 136 Å². The van der Waals surface area contributed by atoms with E-state index in [2.05, 4.69) is 22.5 Å². The summed E-state index contributed by atoms with van der Waals surface area (Å²) < 4.78 is 21.0. The predicted octanol–water partition coefficient (Wildman–Crippen LogP) is 3.56. The molecule has 0 atom stereocenters. The zero-order valence-electron chi connectivity index (χ0n) is 12.4. The molecule has 0 unspecified atom stereocenters. The van der Waals surface area contributed by atoms with Gasteiger partial charge in [0.15, 0.2) is 5.75 Å². The van der Waals surface area contributed by atoms with Crippen molar-refractivity contribution in [2.45, 2.75) is 0 Å². The maximum absolute atomic E-state index is 11.4. The van der Waals surface area contributed by atoms with Gasteiger partial charge < -0.3 is 18.9 Å². The summed E-state index contributed by atoms with van der Waals surface area (Å²) in [6.07, 6.45) is 4.33. The van der Waals surface area contributed by atoms with Crippen molar-refractivity contribution in [3.63, 3.8) is 0 Å². The number of hydrogen-bond donors (Lipinski definition) is 0. The normalized spacial score (nSPS) is 10.4. The van der Waals surface area contributed by atoms with Crippen LogP contribution in [0.4, 0.5) is 5.69 Å². The highest BCUT2D eigenvalue weighted by molar-refractivity contribution is 9.10. The van der Waals surface area contributed by atoms with Crippen molar-refractivity contribution < 1.29 is 23.9 Å². The number of methoxy groups -OCH3 is 3. The van der Waals surface area contributed by atoms with Gasteiger partial charge in [0, 0.05) is 0 Å². The molecule has 0 aromatic heterocycles. The summed E-state index contributed by atoms with van der Waals surface area (Å²) in [6, 6.07) is 0. The lowest BCUT2D eigenvalue weighted by Crippen LogP contribution is -2.03. The second kappa shape index (κ2) is 8.28. The van der Waals surface area contributed by atoms with E-state index < -0.39 is 4.92 Å². The number of nitrogens with zero attached hydrogens (tertiary/aromatic N) is 1. The Balaban J connectivity index is 3.61. The molecule has 0 saturated carbocycles. The van der Waals surface area contributed by atoms with Gasteiger partial charge in [-0.25, -0.2) is 0 Å². The Bertz CT molecular complexity index is 600. The van der Waals surface area contributed by atoms with Gasteiger partial charge in [0.2, 0.25) is 11.5 Å². The zero-order valence-corrected chi connectivity index (χ0v) is 14.0. The summed E-state index contributed by atoms with van der Waals surface area (Å²) in [5.41, 5.74) is -0.0194. The fourth-order valence-corrected chi connectivity index (χ4v) is 2.45. The summed E-state index contributed by atoms with van der Waals surface area (Å²) in [6.45, 7) is 3.80. The molecule has 7 nitrogen and oxygen atoms in total. The number of hydrogen-bond acceptors (Lipinski definition) is 6. The summed E-state index contributed by atoms with van der Waals surface area (Å²) >= 11 is 3.29. The molecule has 1 aromatic carbocycles. The van der Waals surface area contributed by atoms with Crippen LogP contribution in [0.3, 0.4) is 0 Å². The Morgan fingerprint density at radius 2 is 1.77 bits per heavy atom. The minimum Gasteiger partial charge on any atom is -0.497 e. The summed E-state index contributed by atoms with van der Waals surface area (Å²) in [5, 5.41) is 11.4. The standard InChI is InChI=1S/C14H16BrNO6/c1-5-7-22-8-6-9-10(15)12(19-2)14(21-4)13(20-3)11(9)16(17)18/h5-6,8H,1,7H2,2-4H3/b8-6+. The second-order valence-electron chi connectivity index (χ2n) is 3.86. The average molecular weight is 374 g/mol. The average Bonchev–Trinajstić information content (AvgIpc) is 2.51. The molecule has 0 aliphatic rings. The third-order valence-corrected chi connectivity index (χ3v) is 3.45. The van der Waals surface area contributed by atoms with Gasteiger partial charge in [-0.3, -0.25) is 10.1 Å². The molecule has 0 aliphatic heterocycles. The number of benzene rings is 1. The third kappa shape index (κ3) is 3.51. The molecule has 8 heteroatoms. The van der Waals surface area contributed by atoms with E-state index in [9.17, 15) is 10.1 Å². The molecule has 0 heterocycles. The van der Waals surface area contributed by atoms with Crippen LogP contribution in [-0.2, 0) is 4.74 Å². The molecule has 22 heavy (non-hydrogen) atoms. The molecule has 120 valence electrons. The lowest BCUT2D eigenvalue weighted by Gasteiger charge is -2.16. The Kier molecular flexibility index (Phi) is 6.71. The third-order valence-electron chi connectivity index (χ3n) is 2.66. The summed E-state index contributed by atoms with van der Waals surface area (Å²) in [4.78, 5) is 10.9. The Morgan fingerprint density at radius 1 is 1.18 bits per heavy atom. The monoisotopic (exact) mass is 373 g/mol. The van der Waals surface area contributed by atoms with Gasteiger partial charge in [0.05, 0.1) is 42.6 Å². The van der Waals surface area contributed by atoms with Crippen LogP contribution in [0.5, 0.6) is 17.2 Å². The number of ether oxygens (including phenoxy) is 4. The van der Waals surface area contributed by atoms with E-state index in [1.165, 1.54) is 33.7 Å². The zero-order chi connectivity index (χ0) is 16.7. The van der Waals surface area contributed by atoms with Crippen molar-refractivity contribution in [1.29, 1.82) is 0 Å². The van der Waals surface area contributed by atoms with E-state index in [-0.39, 0.29) is 35.1 Å². The highest BCUT2D eigenvalue weighted by Gasteiger charge is 2.31. The lowest BCUT2D eigenvalue weighted by molar-refractivity contribution is -0.386. The first-order valence-corrected chi connectivity index (χ1v) is 6.87. The molecule has 0 saturated heterocycles. The minimum absolute atomic E-state index is 0.0316. The smallest absolute Gasteiger partial charge is 0.323 e. The van der Waals surface area contributed by atoms with Crippen LogP contribution in [0.2, 0.25) is 0 Å². The molecule has 0 radical (unpaired) electrons. The minimum atomic E-state index is -0.557. The van der Waals surface area contributed by atoms with Crippen molar-refractivity contribution in [3.05, 3.63) is 39.1 Å². The van der Waals surface area contributed by atoms with Crippen LogP contribution >= 0.6 is 15.9 Å². The Morgan fingerprint density at radius 3 is 2.23 bits per heavy atom. The summed E-state index contributed by atoms with van der Waals surface area (Å²) in [5.74, 6) is 0.386. The van der Waals surface area contributed by atoms with Crippen molar-refractivity contribution in [1.82, 2.24) is 0 Å². The van der Waals surface area contributed by atoms with E-state index in [1.54, 1.807) is 6.08 Å². The fraction of sp³-hybridized carbons (Fsp3) is 0.286. The first kappa shape index (κ1) is 17.8. The van der Waals surface area contributed by atoms with Gasteiger partial charge in [-0.15, -0.1) is 0 Å². The van der Waals surface area contributed by atoms with E-state index in [0.717, 1.165) is 0 Å². The van der Waals surface area contributed by atoms with Crippen molar-refractivity contribution >= 4 is 27.7 Å². The molecule has 0 bridgehead atoms. The first-order chi connectivity index (χ1) is 10.5. The molecular formula is C14H16BrNO6. The molecule has 1 rings (SSSR count). The molecule has 0 amide bonds. The van der Waals surface area contributed by atoms with Crippen LogP contribution < -0.4 is 14.2 Å². The number of halogens is 1. The first-order valence-electron chi connectivity index (χ1n) is 6.08. The van der Waals surface area contributed by atoms with Crippen molar-refractivity contribution in [2.75, 3.05) is 27.9 Å². The number of nitro groups is 1. The van der Waals surface area contributed by atoms with Gasteiger partial charge >= 0.3 is 5.69 Å². The highest BCUT2D eigenvalue weighted by Crippen LogP contribution is 2.51. The van der Waals surface area contributed by atoms with Gasteiger partial charge in [-0.2, -0.15) is 0 Å². The fourth-order valence-electron chi connectivity index (χ4n) is 1.79. The van der Waals surface area contributed by atoms with Gasteiger partial charge in [0.1, 0.15) is 6.61 Å². The highest BCUT2D eigenvalue weighted by atomic mass is 79.9. The van der Waals surface area contributed by atoms with Crippen LogP contribution in [0, 0.1) is 10.1 Å². The molecule has 0 fully saturated rings. The van der Waals surface area contributed by atoms with Crippen molar-refractivity contribution in [2.24, 2.45) is 0 Å². The summed E-state index contributed by atoms with van der Waals surface area (Å²) in [7, 11) is 4.12. The number of nitro benzene ring substituents is 1. The van der Waals surface area contributed by atoms with Crippen molar-refractivity contribution in [3.8, 4) is 17.2 Å². The Hall–Kier alpha value is -2.22.